The molecule has 2 aromatic rings. The second-order valence-electron chi connectivity index (χ2n) is 4.22. The van der Waals surface area contributed by atoms with Crippen LogP contribution >= 0.6 is 0 Å². The second kappa shape index (κ2) is 5.16. The summed E-state index contributed by atoms with van der Waals surface area (Å²) in [5.74, 6) is 0.0410. The second-order valence-corrected chi connectivity index (χ2v) is 4.22. The number of pyridine rings is 1. The quantitative estimate of drug-likeness (QED) is 0.842. The maximum Gasteiger partial charge on any atom is 0.316 e. The Kier molecular flexibility index (Phi) is 3.60. The molecular weight excluding hydrogens is 230 g/mol. The van der Waals surface area contributed by atoms with E-state index in [1.54, 1.807) is 13.1 Å². The van der Waals surface area contributed by atoms with Crippen LogP contribution in [0.15, 0.2) is 12.3 Å². The van der Waals surface area contributed by atoms with Crippen molar-refractivity contribution < 1.29 is 9.53 Å². The van der Waals surface area contributed by atoms with Crippen LogP contribution in [0.1, 0.15) is 37.6 Å². The molecule has 0 amide bonds. The molecule has 1 atom stereocenters. The fourth-order valence-corrected chi connectivity index (χ4v) is 1.90. The van der Waals surface area contributed by atoms with E-state index in [1.165, 1.54) is 0 Å². The van der Waals surface area contributed by atoms with Gasteiger partial charge in [-0.2, -0.15) is 0 Å². The van der Waals surface area contributed by atoms with E-state index in [-0.39, 0.29) is 11.9 Å². The Morgan fingerprint density at radius 1 is 1.50 bits per heavy atom. The maximum absolute atomic E-state index is 11.8. The number of nitrogens with one attached hydrogen (secondary N) is 1. The van der Waals surface area contributed by atoms with Crippen molar-refractivity contribution in [3.8, 4) is 0 Å². The molecule has 5 heteroatoms. The molecule has 2 heterocycles. The third-order valence-electron chi connectivity index (χ3n) is 2.80. The van der Waals surface area contributed by atoms with Crippen molar-refractivity contribution in [2.75, 3.05) is 6.61 Å². The highest BCUT2D eigenvalue weighted by atomic mass is 16.5. The van der Waals surface area contributed by atoms with E-state index < -0.39 is 0 Å². The first kappa shape index (κ1) is 12.5. The van der Waals surface area contributed by atoms with Crippen molar-refractivity contribution in [2.24, 2.45) is 0 Å². The first-order valence-electron chi connectivity index (χ1n) is 6.14. The van der Waals surface area contributed by atoms with Crippen molar-refractivity contribution in [1.82, 2.24) is 15.0 Å². The van der Waals surface area contributed by atoms with E-state index in [4.69, 9.17) is 4.74 Å². The van der Waals surface area contributed by atoms with Gasteiger partial charge >= 0.3 is 5.97 Å². The summed E-state index contributed by atoms with van der Waals surface area (Å²) >= 11 is 0. The standard InChI is InChI=1S/C13H17N3O2/c1-4-9(13(17)18-5-2)11-15-10-6-8(3)7-14-12(10)16-11/h6-7,9H,4-5H2,1-3H3,(H,14,15,16). The number of carbonyl (C=O) groups is 1. The Bertz CT molecular complexity index is 562. The van der Waals surface area contributed by atoms with Gasteiger partial charge in [-0.25, -0.2) is 9.97 Å². The van der Waals surface area contributed by atoms with Crippen LogP contribution in [-0.4, -0.2) is 27.5 Å². The lowest BCUT2D eigenvalue weighted by Gasteiger charge is -2.10. The normalized spacial score (nSPS) is 12.6. The van der Waals surface area contributed by atoms with Crippen LogP contribution in [0.25, 0.3) is 11.2 Å². The molecule has 0 aliphatic rings. The zero-order chi connectivity index (χ0) is 13.1. The monoisotopic (exact) mass is 247 g/mol. The molecule has 0 fully saturated rings. The zero-order valence-electron chi connectivity index (χ0n) is 10.9. The topological polar surface area (TPSA) is 67.9 Å². The Labute approximate surface area is 106 Å². The molecule has 96 valence electrons. The lowest BCUT2D eigenvalue weighted by molar-refractivity contribution is -0.145. The summed E-state index contributed by atoms with van der Waals surface area (Å²) in [5.41, 5.74) is 2.55. The molecule has 0 saturated carbocycles. The van der Waals surface area contributed by atoms with Gasteiger partial charge in [0, 0.05) is 6.20 Å². The number of nitrogens with zero attached hydrogens (tertiary/aromatic N) is 2. The fraction of sp³-hybridized carbons (Fsp3) is 0.462. The highest BCUT2D eigenvalue weighted by Gasteiger charge is 2.23. The smallest absolute Gasteiger partial charge is 0.316 e. The number of esters is 1. The van der Waals surface area contributed by atoms with E-state index in [0.29, 0.717) is 24.5 Å². The average molecular weight is 247 g/mol. The number of ether oxygens (including phenoxy) is 1. The van der Waals surface area contributed by atoms with Crippen LogP contribution in [0, 0.1) is 6.92 Å². The molecule has 2 aromatic heterocycles. The number of hydrogen-bond donors (Lipinski definition) is 1. The molecule has 0 aliphatic heterocycles. The number of H-pyrrole nitrogens is 1. The van der Waals surface area contributed by atoms with Gasteiger partial charge in [0.15, 0.2) is 5.65 Å². The molecule has 2 rings (SSSR count). The van der Waals surface area contributed by atoms with Gasteiger partial charge in [0.1, 0.15) is 11.7 Å². The summed E-state index contributed by atoms with van der Waals surface area (Å²) < 4.78 is 5.05. The number of rotatable bonds is 4. The van der Waals surface area contributed by atoms with Crippen molar-refractivity contribution in [1.29, 1.82) is 0 Å². The Balaban J connectivity index is 2.36. The van der Waals surface area contributed by atoms with Crippen LogP contribution in [0.2, 0.25) is 0 Å². The molecule has 0 saturated heterocycles. The molecule has 0 bridgehead atoms. The van der Waals surface area contributed by atoms with Gasteiger partial charge in [0.25, 0.3) is 0 Å². The number of carbonyl (C=O) groups excluding carboxylic acids is 1. The van der Waals surface area contributed by atoms with Crippen LogP contribution < -0.4 is 0 Å². The summed E-state index contributed by atoms with van der Waals surface area (Å²) in [6.07, 6.45) is 2.41. The summed E-state index contributed by atoms with van der Waals surface area (Å²) in [5, 5.41) is 0. The van der Waals surface area contributed by atoms with Crippen molar-refractivity contribution in [3.63, 3.8) is 0 Å². The van der Waals surface area contributed by atoms with Gasteiger partial charge in [-0.15, -0.1) is 0 Å². The predicted octanol–water partition coefficient (Wildman–Crippen LogP) is 2.32. The van der Waals surface area contributed by atoms with Crippen LogP contribution in [-0.2, 0) is 9.53 Å². The number of aromatic amines is 1. The number of aromatic nitrogens is 3. The van der Waals surface area contributed by atoms with Gasteiger partial charge in [-0.3, -0.25) is 4.79 Å². The minimum atomic E-state index is -0.348. The molecule has 0 radical (unpaired) electrons. The van der Waals surface area contributed by atoms with E-state index in [1.807, 2.05) is 19.9 Å². The van der Waals surface area contributed by atoms with Crippen LogP contribution in [0.5, 0.6) is 0 Å². The minimum absolute atomic E-state index is 0.240. The lowest BCUT2D eigenvalue weighted by Crippen LogP contribution is -2.16. The van der Waals surface area contributed by atoms with E-state index in [9.17, 15) is 4.79 Å². The summed E-state index contributed by atoms with van der Waals surface area (Å²) in [6.45, 7) is 6.09. The molecular formula is C13H17N3O2. The highest BCUT2D eigenvalue weighted by Crippen LogP contribution is 2.21. The van der Waals surface area contributed by atoms with E-state index >= 15 is 0 Å². The van der Waals surface area contributed by atoms with Crippen LogP contribution in [0.3, 0.4) is 0 Å². The van der Waals surface area contributed by atoms with E-state index in [0.717, 1.165) is 11.1 Å². The Hall–Kier alpha value is -1.91. The largest absolute Gasteiger partial charge is 0.465 e. The summed E-state index contributed by atoms with van der Waals surface area (Å²) in [6, 6.07) is 1.97. The molecule has 0 aromatic carbocycles. The maximum atomic E-state index is 11.8. The van der Waals surface area contributed by atoms with Gasteiger partial charge in [0.05, 0.1) is 12.1 Å². The summed E-state index contributed by atoms with van der Waals surface area (Å²) in [4.78, 5) is 23.6. The SMILES string of the molecule is CCOC(=O)C(CC)c1nc2ncc(C)cc2[nH]1. The van der Waals surface area contributed by atoms with Gasteiger partial charge in [-0.05, 0) is 31.9 Å². The third kappa shape index (κ3) is 2.34. The first-order chi connectivity index (χ1) is 8.65. The molecule has 1 unspecified atom stereocenters. The Morgan fingerprint density at radius 3 is 2.94 bits per heavy atom. The number of hydrogen-bond acceptors (Lipinski definition) is 4. The van der Waals surface area contributed by atoms with Gasteiger partial charge in [0.2, 0.25) is 0 Å². The molecule has 18 heavy (non-hydrogen) atoms. The fourth-order valence-electron chi connectivity index (χ4n) is 1.90. The van der Waals surface area contributed by atoms with Crippen molar-refractivity contribution >= 4 is 17.1 Å². The van der Waals surface area contributed by atoms with Crippen LogP contribution in [0.4, 0.5) is 0 Å². The molecule has 1 N–H and O–H groups in total. The number of imidazole rings is 1. The highest BCUT2D eigenvalue weighted by molar-refractivity contribution is 5.79. The average Bonchev–Trinajstić information content (AvgIpc) is 2.72. The van der Waals surface area contributed by atoms with Crippen molar-refractivity contribution in [3.05, 3.63) is 23.7 Å². The lowest BCUT2D eigenvalue weighted by atomic mass is 10.1. The third-order valence-corrected chi connectivity index (χ3v) is 2.80. The zero-order valence-corrected chi connectivity index (χ0v) is 10.9. The molecule has 5 nitrogen and oxygen atoms in total. The van der Waals surface area contributed by atoms with Gasteiger partial charge < -0.3 is 9.72 Å². The summed E-state index contributed by atoms with van der Waals surface area (Å²) in [7, 11) is 0. The number of aryl methyl sites for hydroxylation is 1. The molecule has 0 aliphatic carbocycles. The minimum Gasteiger partial charge on any atom is -0.465 e. The molecule has 0 spiro atoms. The van der Waals surface area contributed by atoms with Gasteiger partial charge in [-0.1, -0.05) is 6.92 Å². The van der Waals surface area contributed by atoms with Crippen molar-refractivity contribution in [2.45, 2.75) is 33.1 Å². The first-order valence-corrected chi connectivity index (χ1v) is 6.14. The number of fused-ring (bicyclic) bond motifs is 1. The van der Waals surface area contributed by atoms with E-state index in [2.05, 4.69) is 15.0 Å². The Morgan fingerprint density at radius 2 is 2.28 bits per heavy atom. The predicted molar refractivity (Wildman–Crippen MR) is 68.3 cm³/mol.